The number of aromatic amines is 1. The fourth-order valence-corrected chi connectivity index (χ4v) is 7.88. The number of thiol groups is 1. The number of nitrogens with zero attached hydrogens (tertiary/aromatic N) is 4. The Labute approximate surface area is 276 Å². The van der Waals surface area contributed by atoms with Gasteiger partial charge in [0.1, 0.15) is 5.65 Å². The van der Waals surface area contributed by atoms with E-state index in [4.69, 9.17) is 11.5 Å². The van der Waals surface area contributed by atoms with Crippen LogP contribution in [0.2, 0.25) is 0 Å². The molecule has 0 saturated carbocycles. The van der Waals surface area contributed by atoms with Gasteiger partial charge in [-0.15, -0.1) is 0 Å². The van der Waals surface area contributed by atoms with Gasteiger partial charge in [0.15, 0.2) is 0 Å². The molecule has 1 aliphatic heterocycles. The molecular formula is C33H46N8O3S2. The summed E-state index contributed by atoms with van der Waals surface area (Å²) in [4.78, 5) is 23.2. The van der Waals surface area contributed by atoms with E-state index in [2.05, 4.69) is 32.8 Å². The minimum Gasteiger partial charge on any atom is -0.339 e. The van der Waals surface area contributed by atoms with E-state index in [-0.39, 0.29) is 16.6 Å². The van der Waals surface area contributed by atoms with Crippen molar-refractivity contribution < 1.29 is 8.42 Å². The Hall–Kier alpha value is -3.04. The Morgan fingerprint density at radius 2 is 1.61 bits per heavy atom. The first-order valence-electron chi connectivity index (χ1n) is 16.1. The molecule has 248 valence electrons. The third-order valence-corrected chi connectivity index (χ3v) is 10.8. The summed E-state index contributed by atoms with van der Waals surface area (Å²) >= 11 is 4.31. The molecule has 2 aromatic heterocycles. The number of hydrogen-bond acceptors (Lipinski definition) is 9. The Balaban J connectivity index is 1.34. The maximum atomic E-state index is 13.7. The summed E-state index contributed by atoms with van der Waals surface area (Å²) in [5.74, 6) is 0.630. The second-order valence-corrected chi connectivity index (χ2v) is 14.1. The molecule has 2 aromatic carbocycles. The Kier molecular flexibility index (Phi) is 12.1. The highest BCUT2D eigenvalue weighted by atomic mass is 32.2. The number of rotatable bonds is 16. The third-order valence-electron chi connectivity index (χ3n) is 8.51. The first-order valence-corrected chi connectivity index (χ1v) is 18.2. The summed E-state index contributed by atoms with van der Waals surface area (Å²) in [5, 5.41) is 4.09. The van der Waals surface area contributed by atoms with E-state index in [1.807, 2.05) is 30.3 Å². The summed E-state index contributed by atoms with van der Waals surface area (Å²) in [6, 6.07) is 16.8. The number of hydrogen-bond donors (Lipinski definition) is 5. The molecule has 1 aliphatic rings. The van der Waals surface area contributed by atoms with Gasteiger partial charge in [-0.05, 0) is 119 Å². The molecule has 5 rings (SSSR count). The van der Waals surface area contributed by atoms with Crippen LogP contribution in [0.5, 0.6) is 0 Å². The predicted octanol–water partition coefficient (Wildman–Crippen LogP) is 2.94. The van der Waals surface area contributed by atoms with E-state index < -0.39 is 10.0 Å². The maximum absolute atomic E-state index is 13.7. The predicted molar refractivity (Wildman–Crippen MR) is 188 cm³/mol. The average Bonchev–Trinajstić information content (AvgIpc) is 3.49. The molecule has 13 heteroatoms. The van der Waals surface area contributed by atoms with Crippen LogP contribution in [-0.4, -0.2) is 89.8 Å². The molecule has 11 nitrogen and oxygen atoms in total. The van der Waals surface area contributed by atoms with Crippen molar-refractivity contribution in [3.63, 3.8) is 0 Å². The van der Waals surface area contributed by atoms with Crippen molar-refractivity contribution >= 4 is 33.7 Å². The highest BCUT2D eigenvalue weighted by molar-refractivity contribution is 7.89. The van der Waals surface area contributed by atoms with E-state index in [9.17, 15) is 13.2 Å². The number of sulfonamides is 1. The molecule has 6 N–H and O–H groups in total. The molecule has 0 bridgehead atoms. The van der Waals surface area contributed by atoms with Crippen molar-refractivity contribution in [2.45, 2.75) is 49.6 Å². The topological polar surface area (TPSA) is 155 Å². The molecule has 0 unspecified atom stereocenters. The highest BCUT2D eigenvalue weighted by Crippen LogP contribution is 2.27. The van der Waals surface area contributed by atoms with E-state index in [0.717, 1.165) is 86.3 Å². The molecule has 0 radical (unpaired) electrons. The first-order chi connectivity index (χ1) is 22.3. The van der Waals surface area contributed by atoms with Crippen molar-refractivity contribution in [1.29, 1.82) is 0 Å². The standard InChI is InChI=1S/C33H46N8O3S2/c34-14-1-18-39(19-2-15-35)23-25-4-8-28(9-5-25)40-24-27-22-31(37-32(27)38-33(40)42)26-6-10-30(11-7-26)46(43,44)41(20-3-21-45)29-12-16-36-17-13-29/h4-11,22,24,29,36,45H,1-3,12-21,23,34-35H2,(H,37,38,42). The molecule has 4 aromatic rings. The van der Waals surface area contributed by atoms with Crippen LogP contribution >= 0.6 is 12.6 Å². The third kappa shape index (κ3) is 8.26. The summed E-state index contributed by atoms with van der Waals surface area (Å²) in [6.07, 6.45) is 5.92. The molecule has 0 aliphatic carbocycles. The van der Waals surface area contributed by atoms with Gasteiger partial charge >= 0.3 is 5.69 Å². The second-order valence-electron chi connectivity index (χ2n) is 11.8. The summed E-state index contributed by atoms with van der Waals surface area (Å²) in [7, 11) is -3.67. The van der Waals surface area contributed by atoms with Crippen LogP contribution in [-0.2, 0) is 16.6 Å². The zero-order chi connectivity index (χ0) is 32.5. The summed E-state index contributed by atoms with van der Waals surface area (Å²) in [6.45, 7) is 6.00. The van der Waals surface area contributed by atoms with Crippen molar-refractivity contribution in [2.24, 2.45) is 11.5 Å². The highest BCUT2D eigenvalue weighted by Gasteiger charge is 2.32. The van der Waals surface area contributed by atoms with Gasteiger partial charge in [0.2, 0.25) is 10.0 Å². The smallest absolute Gasteiger partial charge is 0.339 e. The maximum Gasteiger partial charge on any atom is 0.354 e. The zero-order valence-electron chi connectivity index (χ0n) is 26.3. The molecular weight excluding hydrogens is 621 g/mol. The zero-order valence-corrected chi connectivity index (χ0v) is 28.0. The van der Waals surface area contributed by atoms with Gasteiger partial charge in [0.05, 0.1) is 10.6 Å². The fourth-order valence-electron chi connectivity index (χ4n) is 6.02. The second kappa shape index (κ2) is 16.2. The van der Waals surface area contributed by atoms with Crippen LogP contribution in [0.3, 0.4) is 0 Å². The number of H-pyrrole nitrogens is 1. The SMILES string of the molecule is NCCCN(CCCN)Cc1ccc(-n2cc3cc(-c4ccc(S(=O)(=O)N(CCCS)C5CCNCC5)cc4)[nH]c3nc2=O)cc1. The molecule has 0 spiro atoms. The van der Waals surface area contributed by atoms with Gasteiger partial charge in [-0.25, -0.2) is 13.2 Å². The number of piperidine rings is 1. The monoisotopic (exact) mass is 666 g/mol. The van der Waals surface area contributed by atoms with Gasteiger partial charge in [-0.2, -0.15) is 21.9 Å². The lowest BCUT2D eigenvalue weighted by Crippen LogP contribution is -2.46. The van der Waals surface area contributed by atoms with Crippen LogP contribution in [0.4, 0.5) is 0 Å². The molecule has 46 heavy (non-hydrogen) atoms. The van der Waals surface area contributed by atoms with Crippen LogP contribution in [0, 0.1) is 0 Å². The van der Waals surface area contributed by atoms with Crippen LogP contribution < -0.4 is 22.5 Å². The Morgan fingerprint density at radius 1 is 0.935 bits per heavy atom. The summed E-state index contributed by atoms with van der Waals surface area (Å²) in [5.41, 5.74) is 15.0. The fraction of sp³-hybridized carbons (Fsp3) is 0.455. The van der Waals surface area contributed by atoms with Gasteiger partial charge in [0.25, 0.3) is 0 Å². The number of benzene rings is 2. The lowest BCUT2D eigenvalue weighted by molar-refractivity contribution is 0.262. The quantitative estimate of drug-likeness (QED) is 0.114. The number of aromatic nitrogens is 3. The van der Waals surface area contributed by atoms with Gasteiger partial charge in [0, 0.05) is 36.4 Å². The molecule has 1 saturated heterocycles. The number of fused-ring (bicyclic) bond motifs is 1. The first kappa shape index (κ1) is 34.3. The van der Waals surface area contributed by atoms with E-state index in [0.29, 0.717) is 37.5 Å². The molecule has 0 atom stereocenters. The van der Waals surface area contributed by atoms with Gasteiger partial charge < -0.3 is 21.8 Å². The molecule has 1 fully saturated rings. The lowest BCUT2D eigenvalue weighted by Gasteiger charge is -2.33. The van der Waals surface area contributed by atoms with Crippen molar-refractivity contribution in [3.05, 3.63) is 76.8 Å². The van der Waals surface area contributed by atoms with Crippen LogP contribution in [0.15, 0.2) is 70.5 Å². The Morgan fingerprint density at radius 3 is 2.24 bits per heavy atom. The van der Waals surface area contributed by atoms with Crippen LogP contribution in [0.1, 0.15) is 37.7 Å². The average molecular weight is 667 g/mol. The largest absolute Gasteiger partial charge is 0.354 e. The van der Waals surface area contributed by atoms with E-state index >= 15 is 0 Å². The van der Waals surface area contributed by atoms with Crippen molar-refractivity contribution in [1.82, 2.24) is 29.1 Å². The van der Waals surface area contributed by atoms with Crippen molar-refractivity contribution in [2.75, 3.05) is 51.6 Å². The minimum absolute atomic E-state index is 0.0212. The van der Waals surface area contributed by atoms with E-state index in [1.54, 1.807) is 39.3 Å². The van der Waals surface area contributed by atoms with Crippen molar-refractivity contribution in [3.8, 4) is 16.9 Å². The normalized spacial score (nSPS) is 14.5. The Bertz CT molecular complexity index is 1710. The lowest BCUT2D eigenvalue weighted by atomic mass is 10.1. The summed E-state index contributed by atoms with van der Waals surface area (Å²) < 4.78 is 30.6. The number of nitrogens with two attached hydrogens (primary N) is 2. The van der Waals surface area contributed by atoms with Crippen LogP contribution in [0.25, 0.3) is 28.0 Å². The number of nitrogens with one attached hydrogen (secondary N) is 2. The van der Waals surface area contributed by atoms with E-state index in [1.165, 1.54) is 0 Å². The van der Waals surface area contributed by atoms with Gasteiger partial charge in [-0.3, -0.25) is 9.47 Å². The van der Waals surface area contributed by atoms with Gasteiger partial charge in [-0.1, -0.05) is 24.3 Å². The molecule has 0 amide bonds. The molecule has 3 heterocycles. The minimum atomic E-state index is -3.67.